The minimum absolute atomic E-state index is 0.103. The molecule has 0 aliphatic rings. The molecular formula is C63H106O6. The molecule has 0 amide bonds. The molecule has 0 aliphatic carbocycles. The summed E-state index contributed by atoms with van der Waals surface area (Å²) in [6.45, 7) is 6.45. The number of hydrogen-bond acceptors (Lipinski definition) is 6. The Morgan fingerprint density at radius 3 is 0.942 bits per heavy atom. The van der Waals surface area contributed by atoms with E-state index in [4.69, 9.17) is 14.2 Å². The molecule has 0 aromatic rings. The van der Waals surface area contributed by atoms with E-state index in [1.807, 2.05) is 60.8 Å². The van der Waals surface area contributed by atoms with Crippen molar-refractivity contribution in [3.8, 4) is 0 Å². The van der Waals surface area contributed by atoms with Gasteiger partial charge in [0, 0.05) is 19.3 Å². The maximum Gasteiger partial charge on any atom is 0.306 e. The molecule has 0 aromatic carbocycles. The molecule has 0 spiro atoms. The van der Waals surface area contributed by atoms with Gasteiger partial charge in [0.25, 0.3) is 0 Å². The summed E-state index contributed by atoms with van der Waals surface area (Å²) >= 11 is 0. The lowest BCUT2D eigenvalue weighted by atomic mass is 10.1. The van der Waals surface area contributed by atoms with Crippen LogP contribution in [0.5, 0.6) is 0 Å². The molecule has 0 aliphatic heterocycles. The van der Waals surface area contributed by atoms with Crippen LogP contribution in [0.15, 0.2) is 97.2 Å². The highest BCUT2D eigenvalue weighted by atomic mass is 16.6. The molecule has 1 unspecified atom stereocenters. The van der Waals surface area contributed by atoms with Crippen LogP contribution in [-0.4, -0.2) is 37.2 Å². The lowest BCUT2D eigenvalue weighted by molar-refractivity contribution is -0.167. The zero-order chi connectivity index (χ0) is 50.0. The minimum atomic E-state index is -0.809. The van der Waals surface area contributed by atoms with E-state index in [0.29, 0.717) is 19.3 Å². The van der Waals surface area contributed by atoms with Crippen LogP contribution >= 0.6 is 0 Å². The topological polar surface area (TPSA) is 78.9 Å². The Balaban J connectivity index is 4.49. The zero-order valence-electron chi connectivity index (χ0n) is 45.0. The predicted molar refractivity (Wildman–Crippen MR) is 297 cm³/mol. The molecule has 394 valence electrons. The van der Waals surface area contributed by atoms with Crippen molar-refractivity contribution in [1.82, 2.24) is 0 Å². The van der Waals surface area contributed by atoms with Gasteiger partial charge in [-0.25, -0.2) is 0 Å². The maximum atomic E-state index is 12.8. The van der Waals surface area contributed by atoms with Crippen LogP contribution in [0.3, 0.4) is 0 Å². The van der Waals surface area contributed by atoms with Gasteiger partial charge in [-0.1, -0.05) is 253 Å². The van der Waals surface area contributed by atoms with Gasteiger partial charge < -0.3 is 14.2 Å². The van der Waals surface area contributed by atoms with Crippen LogP contribution in [0.1, 0.15) is 265 Å². The standard InChI is InChI=1S/C63H106O6/c1-4-7-10-13-16-19-22-25-28-31-33-35-38-41-44-47-50-53-56-62(65)68-59-60(58-67-61(64)55-52-49-46-43-40-37-34-30-27-24-21-18-15-12-9-6-3)69-63(66)57-54-51-48-45-42-39-36-32-29-26-23-20-17-14-11-8-5-2/h8,11,14,17,20,23,26,29-30,32-36,39,42,60H,4-7,9-10,12-13,15-16,18-19,21-22,24-25,27-28,31,37-38,40-41,43-59H2,1-3H3/b11-8-,17-14-,23-20-,29-26-,34-30-,35-33-,36-32+,42-39-. The largest absolute Gasteiger partial charge is 0.462 e. The summed E-state index contributed by atoms with van der Waals surface area (Å²) in [5.74, 6) is -0.959. The molecule has 6 nitrogen and oxygen atoms in total. The number of ether oxygens (including phenoxy) is 3. The normalized spacial score (nSPS) is 12.8. The Labute approximate surface area is 426 Å². The van der Waals surface area contributed by atoms with Crippen molar-refractivity contribution in [3.63, 3.8) is 0 Å². The van der Waals surface area contributed by atoms with Crippen LogP contribution in [-0.2, 0) is 28.6 Å². The number of hydrogen-bond donors (Lipinski definition) is 0. The summed E-state index contributed by atoms with van der Waals surface area (Å²) in [6.07, 6.45) is 75.4. The SMILES string of the molecule is CC\C=C/C=C\C=C/C=C\C=C\C=C/CCCCCC(=O)OC(COC(=O)CCCCCCC/C=C\CCCCCCCCC)COC(=O)CCCCCCC/C=C\CCCCCCCCCCC. The van der Waals surface area contributed by atoms with Gasteiger partial charge >= 0.3 is 17.9 Å². The molecule has 6 heteroatoms. The van der Waals surface area contributed by atoms with E-state index < -0.39 is 6.10 Å². The van der Waals surface area contributed by atoms with Gasteiger partial charge in [-0.2, -0.15) is 0 Å². The van der Waals surface area contributed by atoms with Gasteiger partial charge in [-0.15, -0.1) is 0 Å². The van der Waals surface area contributed by atoms with Crippen LogP contribution in [0.25, 0.3) is 0 Å². The molecule has 0 heterocycles. The Morgan fingerprint density at radius 1 is 0.304 bits per heavy atom. The first-order chi connectivity index (χ1) is 34.0. The van der Waals surface area contributed by atoms with Crippen LogP contribution < -0.4 is 0 Å². The van der Waals surface area contributed by atoms with Crippen molar-refractivity contribution in [2.24, 2.45) is 0 Å². The summed E-state index contributed by atoms with van der Waals surface area (Å²) < 4.78 is 16.8. The maximum absolute atomic E-state index is 12.8. The van der Waals surface area contributed by atoms with Crippen LogP contribution in [0, 0.1) is 0 Å². The Morgan fingerprint density at radius 2 is 0.580 bits per heavy atom. The minimum Gasteiger partial charge on any atom is -0.462 e. The second-order valence-electron chi connectivity index (χ2n) is 19.0. The summed E-state index contributed by atoms with van der Waals surface area (Å²) in [7, 11) is 0. The average Bonchev–Trinajstić information content (AvgIpc) is 3.35. The Hall–Kier alpha value is -3.67. The van der Waals surface area contributed by atoms with Crippen molar-refractivity contribution >= 4 is 17.9 Å². The summed E-state index contributed by atoms with van der Waals surface area (Å²) in [4.78, 5) is 38.2. The zero-order valence-corrected chi connectivity index (χ0v) is 45.0. The fraction of sp³-hybridized carbons (Fsp3) is 0.698. The van der Waals surface area contributed by atoms with E-state index in [-0.39, 0.29) is 37.5 Å². The van der Waals surface area contributed by atoms with Crippen LogP contribution in [0.2, 0.25) is 0 Å². The second kappa shape index (κ2) is 56.9. The van der Waals surface area contributed by atoms with Gasteiger partial charge in [0.15, 0.2) is 6.10 Å². The van der Waals surface area contributed by atoms with Crippen molar-refractivity contribution in [2.75, 3.05) is 13.2 Å². The van der Waals surface area contributed by atoms with E-state index in [0.717, 1.165) is 83.5 Å². The fourth-order valence-electron chi connectivity index (χ4n) is 7.88. The third kappa shape index (κ3) is 55.1. The number of esters is 3. The van der Waals surface area contributed by atoms with Gasteiger partial charge in [0.05, 0.1) is 0 Å². The predicted octanol–water partition coefficient (Wildman–Crippen LogP) is 19.3. The first-order valence-corrected chi connectivity index (χ1v) is 28.8. The monoisotopic (exact) mass is 959 g/mol. The van der Waals surface area contributed by atoms with Gasteiger partial charge in [0.2, 0.25) is 0 Å². The van der Waals surface area contributed by atoms with E-state index in [2.05, 4.69) is 57.2 Å². The fourth-order valence-corrected chi connectivity index (χ4v) is 7.88. The molecule has 0 rings (SSSR count). The third-order valence-electron chi connectivity index (χ3n) is 12.2. The van der Waals surface area contributed by atoms with E-state index in [9.17, 15) is 14.4 Å². The Kier molecular flexibility index (Phi) is 53.9. The molecule has 0 bridgehead atoms. The smallest absolute Gasteiger partial charge is 0.306 e. The number of unbranched alkanes of at least 4 members (excludes halogenated alkanes) is 29. The molecule has 0 fully saturated rings. The van der Waals surface area contributed by atoms with Crippen molar-refractivity contribution in [1.29, 1.82) is 0 Å². The Bertz CT molecular complexity index is 1380. The van der Waals surface area contributed by atoms with E-state index in [1.165, 1.54) is 135 Å². The molecule has 0 saturated carbocycles. The summed E-state index contributed by atoms with van der Waals surface area (Å²) in [5.41, 5.74) is 0. The highest BCUT2D eigenvalue weighted by Gasteiger charge is 2.19. The molecule has 69 heavy (non-hydrogen) atoms. The van der Waals surface area contributed by atoms with Crippen LogP contribution in [0.4, 0.5) is 0 Å². The highest BCUT2D eigenvalue weighted by molar-refractivity contribution is 5.71. The first-order valence-electron chi connectivity index (χ1n) is 28.8. The lowest BCUT2D eigenvalue weighted by Crippen LogP contribution is -2.30. The molecule has 0 aromatic heterocycles. The van der Waals surface area contributed by atoms with Gasteiger partial charge in [-0.05, 0) is 89.9 Å². The highest BCUT2D eigenvalue weighted by Crippen LogP contribution is 2.15. The first kappa shape index (κ1) is 65.3. The number of carbonyl (C=O) groups is 3. The average molecular weight is 960 g/mol. The molecular weight excluding hydrogens is 853 g/mol. The number of rotatable bonds is 51. The molecule has 1 atom stereocenters. The van der Waals surface area contributed by atoms with E-state index >= 15 is 0 Å². The number of allylic oxidation sites excluding steroid dienone is 16. The van der Waals surface area contributed by atoms with Gasteiger partial charge in [0.1, 0.15) is 13.2 Å². The molecule has 0 N–H and O–H groups in total. The summed E-state index contributed by atoms with van der Waals surface area (Å²) in [6, 6.07) is 0. The van der Waals surface area contributed by atoms with Crippen molar-refractivity contribution in [2.45, 2.75) is 271 Å². The van der Waals surface area contributed by atoms with Crippen molar-refractivity contribution < 1.29 is 28.6 Å². The molecule has 0 saturated heterocycles. The lowest BCUT2D eigenvalue weighted by Gasteiger charge is -2.18. The van der Waals surface area contributed by atoms with E-state index in [1.54, 1.807) is 0 Å². The number of carbonyl (C=O) groups excluding carboxylic acids is 3. The quantitative estimate of drug-likeness (QED) is 0.0199. The second-order valence-corrected chi connectivity index (χ2v) is 19.0. The van der Waals surface area contributed by atoms with Crippen molar-refractivity contribution in [3.05, 3.63) is 97.2 Å². The summed E-state index contributed by atoms with van der Waals surface area (Å²) in [5, 5.41) is 0. The third-order valence-corrected chi connectivity index (χ3v) is 12.2. The van der Waals surface area contributed by atoms with Gasteiger partial charge in [-0.3, -0.25) is 14.4 Å². The molecule has 0 radical (unpaired) electrons.